The van der Waals surface area contributed by atoms with Gasteiger partial charge in [0.15, 0.2) is 0 Å². The first-order valence-electron chi connectivity index (χ1n) is 5.79. The summed E-state index contributed by atoms with van der Waals surface area (Å²) in [6, 6.07) is 12.3. The van der Waals surface area contributed by atoms with Crippen molar-refractivity contribution in [3.8, 4) is 6.07 Å². The van der Waals surface area contributed by atoms with Crippen LogP contribution >= 0.6 is 11.6 Å². The molecule has 0 unspecified atom stereocenters. The highest BCUT2D eigenvalue weighted by Crippen LogP contribution is 2.22. The number of aryl methyl sites for hydroxylation is 1. The highest BCUT2D eigenvalue weighted by molar-refractivity contribution is 6.30. The second-order valence-electron chi connectivity index (χ2n) is 4.21. The number of benzene rings is 2. The van der Waals surface area contributed by atoms with Crippen molar-refractivity contribution in [1.82, 2.24) is 0 Å². The summed E-state index contributed by atoms with van der Waals surface area (Å²) >= 11 is 5.73. The molecule has 2 aromatic rings. The summed E-state index contributed by atoms with van der Waals surface area (Å²) < 4.78 is 13.0. The maximum Gasteiger partial charge on any atom is 0.141 e. The Hall–Kier alpha value is -2.05. The topological polar surface area (TPSA) is 35.8 Å². The number of para-hydroxylation sites is 1. The zero-order valence-corrected chi connectivity index (χ0v) is 11.1. The molecule has 0 aliphatic carbocycles. The molecule has 0 aliphatic heterocycles. The van der Waals surface area contributed by atoms with Crippen molar-refractivity contribution >= 4 is 17.3 Å². The third-order valence-corrected chi connectivity index (χ3v) is 3.14. The zero-order chi connectivity index (χ0) is 13.8. The lowest BCUT2D eigenvalue weighted by Crippen LogP contribution is -2.03. The fraction of sp³-hybridized carbons (Fsp3) is 0.133. The molecule has 1 N–H and O–H groups in total. The van der Waals surface area contributed by atoms with Crippen molar-refractivity contribution < 1.29 is 4.39 Å². The molecular formula is C15H12ClFN2. The third-order valence-electron chi connectivity index (χ3n) is 2.85. The summed E-state index contributed by atoms with van der Waals surface area (Å²) in [5.41, 5.74) is 3.24. The number of nitriles is 1. The van der Waals surface area contributed by atoms with Gasteiger partial charge in [-0.15, -0.1) is 0 Å². The predicted molar refractivity (Wildman–Crippen MR) is 74.6 cm³/mol. The second kappa shape index (κ2) is 5.73. The average Bonchev–Trinajstić information content (AvgIpc) is 2.41. The van der Waals surface area contributed by atoms with Gasteiger partial charge in [-0.05, 0) is 36.2 Å². The SMILES string of the molecule is Cc1cccc(C#N)c1NCc1ccc(F)c(Cl)c1. The molecule has 0 aromatic heterocycles. The molecule has 2 aromatic carbocycles. The number of nitrogens with one attached hydrogen (secondary N) is 1. The first-order chi connectivity index (χ1) is 9.11. The van der Waals surface area contributed by atoms with E-state index in [1.807, 2.05) is 19.1 Å². The Labute approximate surface area is 116 Å². The predicted octanol–water partition coefficient (Wildman–Crippen LogP) is 4.27. The Morgan fingerprint density at radius 3 is 2.79 bits per heavy atom. The van der Waals surface area contributed by atoms with Gasteiger partial charge in [-0.25, -0.2) is 4.39 Å². The van der Waals surface area contributed by atoms with Crippen LogP contribution in [0.25, 0.3) is 0 Å². The lowest BCUT2D eigenvalue weighted by atomic mass is 10.1. The highest BCUT2D eigenvalue weighted by atomic mass is 35.5. The molecule has 0 amide bonds. The van der Waals surface area contributed by atoms with Crippen molar-refractivity contribution in [1.29, 1.82) is 5.26 Å². The van der Waals surface area contributed by atoms with Crippen LogP contribution in [0, 0.1) is 24.1 Å². The van der Waals surface area contributed by atoms with E-state index >= 15 is 0 Å². The summed E-state index contributed by atoms with van der Waals surface area (Å²) in [6.45, 7) is 2.42. The van der Waals surface area contributed by atoms with Crippen LogP contribution in [0.15, 0.2) is 36.4 Å². The van der Waals surface area contributed by atoms with Crippen molar-refractivity contribution in [3.63, 3.8) is 0 Å². The lowest BCUT2D eigenvalue weighted by Gasteiger charge is -2.11. The van der Waals surface area contributed by atoms with E-state index in [2.05, 4.69) is 11.4 Å². The van der Waals surface area contributed by atoms with Crippen LogP contribution in [-0.4, -0.2) is 0 Å². The van der Waals surface area contributed by atoms with Gasteiger partial charge >= 0.3 is 0 Å². The molecule has 0 aliphatic rings. The monoisotopic (exact) mass is 274 g/mol. The van der Waals surface area contributed by atoms with Gasteiger partial charge in [0.25, 0.3) is 0 Å². The number of halogens is 2. The molecule has 2 nitrogen and oxygen atoms in total. The Kier molecular flexibility index (Phi) is 4.03. The fourth-order valence-corrected chi connectivity index (χ4v) is 2.04. The number of hydrogen-bond acceptors (Lipinski definition) is 2. The van der Waals surface area contributed by atoms with E-state index in [0.29, 0.717) is 12.1 Å². The molecule has 96 valence electrons. The van der Waals surface area contributed by atoms with Crippen molar-refractivity contribution in [2.24, 2.45) is 0 Å². The van der Waals surface area contributed by atoms with Crippen LogP contribution in [-0.2, 0) is 6.54 Å². The zero-order valence-electron chi connectivity index (χ0n) is 10.4. The van der Waals surface area contributed by atoms with Gasteiger partial charge in [-0.2, -0.15) is 5.26 Å². The van der Waals surface area contributed by atoms with Crippen molar-refractivity contribution in [2.75, 3.05) is 5.32 Å². The van der Waals surface area contributed by atoms with Crippen LogP contribution in [0.3, 0.4) is 0 Å². The smallest absolute Gasteiger partial charge is 0.141 e. The minimum atomic E-state index is -0.431. The maximum atomic E-state index is 13.0. The van der Waals surface area contributed by atoms with E-state index < -0.39 is 5.82 Å². The van der Waals surface area contributed by atoms with Crippen molar-refractivity contribution in [3.05, 3.63) is 63.9 Å². The molecule has 0 fully saturated rings. The first kappa shape index (κ1) is 13.4. The van der Waals surface area contributed by atoms with Gasteiger partial charge in [-0.3, -0.25) is 0 Å². The fourth-order valence-electron chi connectivity index (χ4n) is 1.84. The quantitative estimate of drug-likeness (QED) is 0.907. The maximum absolute atomic E-state index is 13.0. The molecule has 0 heterocycles. The van der Waals surface area contributed by atoms with Crippen LogP contribution in [0.5, 0.6) is 0 Å². The summed E-state index contributed by atoms with van der Waals surface area (Å²) in [5.74, 6) is -0.431. The second-order valence-corrected chi connectivity index (χ2v) is 4.62. The Bertz CT molecular complexity index is 647. The van der Waals surface area contributed by atoms with Gasteiger partial charge in [0, 0.05) is 6.54 Å². The molecule has 2 rings (SSSR count). The van der Waals surface area contributed by atoms with E-state index in [0.717, 1.165) is 16.8 Å². The van der Waals surface area contributed by atoms with E-state index in [-0.39, 0.29) is 5.02 Å². The minimum Gasteiger partial charge on any atom is -0.380 e. The summed E-state index contributed by atoms with van der Waals surface area (Å²) in [5, 5.41) is 12.4. The van der Waals surface area contributed by atoms with Gasteiger partial charge in [0.2, 0.25) is 0 Å². The number of hydrogen-bond donors (Lipinski definition) is 1. The average molecular weight is 275 g/mol. The van der Waals surface area contributed by atoms with Gasteiger partial charge in [-0.1, -0.05) is 29.8 Å². The Morgan fingerprint density at radius 2 is 2.11 bits per heavy atom. The number of anilines is 1. The lowest BCUT2D eigenvalue weighted by molar-refractivity contribution is 0.627. The standard InChI is InChI=1S/C15H12ClFN2/c1-10-3-2-4-12(8-18)15(10)19-9-11-5-6-14(17)13(16)7-11/h2-7,19H,9H2,1H3. The number of nitrogens with zero attached hydrogens (tertiary/aromatic N) is 1. The minimum absolute atomic E-state index is 0.101. The molecule has 0 radical (unpaired) electrons. The van der Waals surface area contributed by atoms with E-state index in [4.69, 9.17) is 16.9 Å². The molecule has 0 bridgehead atoms. The highest BCUT2D eigenvalue weighted by Gasteiger charge is 2.05. The molecule has 0 saturated heterocycles. The van der Waals surface area contributed by atoms with Gasteiger partial charge in [0.1, 0.15) is 11.9 Å². The first-order valence-corrected chi connectivity index (χ1v) is 6.17. The molecule has 4 heteroatoms. The summed E-state index contributed by atoms with van der Waals surface area (Å²) in [4.78, 5) is 0. The summed E-state index contributed by atoms with van der Waals surface area (Å²) in [7, 11) is 0. The Morgan fingerprint density at radius 1 is 1.32 bits per heavy atom. The Balaban J connectivity index is 2.19. The van der Waals surface area contributed by atoms with Crippen LogP contribution in [0.2, 0.25) is 5.02 Å². The molecular weight excluding hydrogens is 263 g/mol. The largest absolute Gasteiger partial charge is 0.380 e. The van der Waals surface area contributed by atoms with Crippen LogP contribution in [0.4, 0.5) is 10.1 Å². The van der Waals surface area contributed by atoms with Crippen molar-refractivity contribution in [2.45, 2.75) is 13.5 Å². The van der Waals surface area contributed by atoms with Crippen LogP contribution in [0.1, 0.15) is 16.7 Å². The van der Waals surface area contributed by atoms with Crippen LogP contribution < -0.4 is 5.32 Å². The summed E-state index contributed by atoms with van der Waals surface area (Å²) in [6.07, 6.45) is 0. The normalized spacial score (nSPS) is 10.0. The molecule has 0 saturated carbocycles. The van der Waals surface area contributed by atoms with Gasteiger partial charge in [0.05, 0.1) is 16.3 Å². The van der Waals surface area contributed by atoms with E-state index in [1.54, 1.807) is 18.2 Å². The number of rotatable bonds is 3. The molecule has 0 atom stereocenters. The van der Waals surface area contributed by atoms with E-state index in [9.17, 15) is 4.39 Å². The molecule has 19 heavy (non-hydrogen) atoms. The third kappa shape index (κ3) is 3.04. The molecule has 0 spiro atoms. The van der Waals surface area contributed by atoms with E-state index in [1.165, 1.54) is 6.07 Å². The van der Waals surface area contributed by atoms with Gasteiger partial charge < -0.3 is 5.32 Å².